The maximum atomic E-state index is 12.4. The average molecular weight is 397 g/mol. The zero-order valence-corrected chi connectivity index (χ0v) is 15.9. The van der Waals surface area contributed by atoms with Gasteiger partial charge in [0.25, 0.3) is 0 Å². The molecule has 0 aliphatic rings. The molecular formula is C17H17ClN2O3S2. The molecule has 1 N–H and O–H groups in total. The van der Waals surface area contributed by atoms with Crippen LogP contribution < -0.4 is 9.60 Å². The maximum absolute atomic E-state index is 12.4. The molecule has 3 rings (SSSR count). The lowest BCUT2D eigenvalue weighted by molar-refractivity contribution is 0.579. The van der Waals surface area contributed by atoms with E-state index >= 15 is 0 Å². The van der Waals surface area contributed by atoms with Crippen molar-refractivity contribution in [2.24, 2.45) is 7.05 Å². The first-order valence-electron chi connectivity index (χ1n) is 7.70. The number of nitrogens with zero attached hydrogens (tertiary/aromatic N) is 1. The van der Waals surface area contributed by atoms with Gasteiger partial charge in [-0.05, 0) is 48.7 Å². The average Bonchev–Trinajstić information content (AvgIpc) is 2.87. The van der Waals surface area contributed by atoms with E-state index in [4.69, 9.17) is 11.6 Å². The molecule has 0 radical (unpaired) electrons. The van der Waals surface area contributed by atoms with E-state index in [1.54, 1.807) is 19.2 Å². The fourth-order valence-electron chi connectivity index (χ4n) is 2.51. The predicted molar refractivity (Wildman–Crippen MR) is 102 cm³/mol. The van der Waals surface area contributed by atoms with Crippen molar-refractivity contribution in [1.82, 2.24) is 9.29 Å². The van der Waals surface area contributed by atoms with Gasteiger partial charge in [0.1, 0.15) is 0 Å². The van der Waals surface area contributed by atoms with Crippen molar-refractivity contribution in [3.63, 3.8) is 0 Å². The monoisotopic (exact) mass is 396 g/mol. The van der Waals surface area contributed by atoms with Crippen LogP contribution in [0.4, 0.5) is 0 Å². The van der Waals surface area contributed by atoms with Crippen LogP contribution in [0.25, 0.3) is 10.2 Å². The Morgan fingerprint density at radius 2 is 1.88 bits per heavy atom. The van der Waals surface area contributed by atoms with Crippen molar-refractivity contribution in [3.05, 3.63) is 62.7 Å². The first-order chi connectivity index (χ1) is 11.9. The van der Waals surface area contributed by atoms with Crippen LogP contribution in [-0.4, -0.2) is 19.5 Å². The summed E-state index contributed by atoms with van der Waals surface area (Å²) < 4.78 is 29.6. The van der Waals surface area contributed by atoms with Crippen molar-refractivity contribution in [3.8, 4) is 0 Å². The third-order valence-electron chi connectivity index (χ3n) is 3.92. The van der Waals surface area contributed by atoms with Crippen LogP contribution in [0.1, 0.15) is 12.0 Å². The smallest absolute Gasteiger partial charge is 0.302 e. The van der Waals surface area contributed by atoms with Crippen molar-refractivity contribution >= 4 is 43.2 Å². The summed E-state index contributed by atoms with van der Waals surface area (Å²) in [6.45, 7) is 0.341. The Balaban J connectivity index is 1.65. The molecule has 0 fully saturated rings. The Morgan fingerprint density at radius 3 is 2.60 bits per heavy atom. The molecule has 0 saturated heterocycles. The fourth-order valence-corrected chi connectivity index (χ4v) is 4.73. The first kappa shape index (κ1) is 18.1. The lowest BCUT2D eigenvalue weighted by Crippen LogP contribution is -2.25. The zero-order chi connectivity index (χ0) is 18.0. The zero-order valence-electron chi connectivity index (χ0n) is 13.5. The molecule has 0 aliphatic heterocycles. The minimum Gasteiger partial charge on any atom is -0.302 e. The van der Waals surface area contributed by atoms with Crippen LogP contribution in [0.3, 0.4) is 0 Å². The normalized spacial score (nSPS) is 11.9. The van der Waals surface area contributed by atoms with Gasteiger partial charge in [0.2, 0.25) is 10.0 Å². The number of aromatic nitrogens is 1. The van der Waals surface area contributed by atoms with Gasteiger partial charge in [-0.1, -0.05) is 35.1 Å². The van der Waals surface area contributed by atoms with Crippen LogP contribution in [0, 0.1) is 0 Å². The van der Waals surface area contributed by atoms with Gasteiger partial charge < -0.3 is 4.57 Å². The molecule has 8 heteroatoms. The maximum Gasteiger partial charge on any atom is 0.307 e. The van der Waals surface area contributed by atoms with Gasteiger partial charge in [0.15, 0.2) is 0 Å². The number of hydrogen-bond acceptors (Lipinski definition) is 4. The lowest BCUT2D eigenvalue weighted by Gasteiger charge is -2.07. The van der Waals surface area contributed by atoms with E-state index in [0.717, 1.165) is 28.8 Å². The highest BCUT2D eigenvalue weighted by molar-refractivity contribution is 7.89. The van der Waals surface area contributed by atoms with Crippen LogP contribution >= 0.6 is 22.9 Å². The number of hydrogen-bond donors (Lipinski definition) is 1. The minimum atomic E-state index is -3.59. The summed E-state index contributed by atoms with van der Waals surface area (Å²) in [4.78, 5) is 11.7. The van der Waals surface area contributed by atoms with Crippen LogP contribution in [0.15, 0.2) is 52.2 Å². The number of sulfonamides is 1. The van der Waals surface area contributed by atoms with E-state index < -0.39 is 10.0 Å². The third-order valence-corrected chi connectivity index (χ3v) is 6.63. The summed E-state index contributed by atoms with van der Waals surface area (Å²) in [6, 6.07) is 12.2. The quantitative estimate of drug-likeness (QED) is 0.651. The Labute approximate surface area is 154 Å². The Kier molecular flexibility index (Phi) is 5.29. The number of fused-ring (bicyclic) bond motifs is 1. The second-order valence-corrected chi connectivity index (χ2v) is 8.88. The van der Waals surface area contributed by atoms with E-state index in [2.05, 4.69) is 4.72 Å². The molecule has 25 heavy (non-hydrogen) atoms. The molecule has 0 aliphatic carbocycles. The van der Waals surface area contributed by atoms with Gasteiger partial charge in [-0.3, -0.25) is 4.79 Å². The molecule has 1 heterocycles. The summed E-state index contributed by atoms with van der Waals surface area (Å²) in [5, 5.41) is 0.683. The van der Waals surface area contributed by atoms with Gasteiger partial charge in [0.05, 0.1) is 15.1 Å². The highest BCUT2D eigenvalue weighted by atomic mass is 35.5. The van der Waals surface area contributed by atoms with Crippen molar-refractivity contribution < 1.29 is 8.42 Å². The second kappa shape index (κ2) is 7.29. The molecule has 1 aromatic heterocycles. The summed E-state index contributed by atoms with van der Waals surface area (Å²) >= 11 is 6.88. The first-order valence-corrected chi connectivity index (χ1v) is 10.4. The molecule has 132 valence electrons. The van der Waals surface area contributed by atoms with E-state index in [9.17, 15) is 13.2 Å². The number of nitrogens with one attached hydrogen (secondary N) is 1. The molecule has 0 unspecified atom stereocenters. The predicted octanol–water partition coefficient (Wildman–Crippen LogP) is 3.16. The number of aryl methyl sites for hydroxylation is 2. The molecule has 0 spiro atoms. The van der Waals surface area contributed by atoms with Gasteiger partial charge in [-0.25, -0.2) is 13.1 Å². The molecule has 0 saturated carbocycles. The fraction of sp³-hybridized carbons (Fsp3) is 0.235. The molecule has 0 atom stereocenters. The Bertz CT molecular complexity index is 1050. The summed E-state index contributed by atoms with van der Waals surface area (Å²) in [5.41, 5.74) is 1.84. The van der Waals surface area contributed by atoms with Gasteiger partial charge in [0, 0.05) is 18.6 Å². The minimum absolute atomic E-state index is 0.111. The van der Waals surface area contributed by atoms with Gasteiger partial charge in [-0.2, -0.15) is 0 Å². The highest BCUT2D eigenvalue weighted by Gasteiger charge is 2.15. The Morgan fingerprint density at radius 1 is 1.16 bits per heavy atom. The van der Waals surface area contributed by atoms with Crippen molar-refractivity contribution in [2.45, 2.75) is 17.7 Å². The summed E-state index contributed by atoms with van der Waals surface area (Å²) in [6.07, 6.45) is 1.45. The number of halogens is 1. The lowest BCUT2D eigenvalue weighted by atomic mass is 10.1. The molecule has 5 nitrogen and oxygen atoms in total. The molecule has 2 aromatic carbocycles. The van der Waals surface area contributed by atoms with E-state index in [1.807, 2.05) is 24.3 Å². The number of thiazole rings is 1. The highest BCUT2D eigenvalue weighted by Crippen LogP contribution is 2.21. The number of rotatable bonds is 6. The SMILES string of the molecule is Cn1c(=O)sc2cc(S(=O)(=O)NCCCc3ccc(Cl)cc3)ccc21. The van der Waals surface area contributed by atoms with Crippen LogP contribution in [-0.2, 0) is 23.5 Å². The van der Waals surface area contributed by atoms with Gasteiger partial charge >= 0.3 is 4.87 Å². The summed E-state index contributed by atoms with van der Waals surface area (Å²) in [7, 11) is -1.92. The largest absolute Gasteiger partial charge is 0.307 e. The molecule has 0 bridgehead atoms. The van der Waals surface area contributed by atoms with E-state index in [-0.39, 0.29) is 9.77 Å². The number of benzene rings is 2. The van der Waals surface area contributed by atoms with Crippen molar-refractivity contribution in [2.75, 3.05) is 6.54 Å². The Hall–Kier alpha value is -1.67. The van der Waals surface area contributed by atoms with Crippen LogP contribution in [0.2, 0.25) is 5.02 Å². The third kappa shape index (κ3) is 4.12. The molecule has 3 aromatic rings. The van der Waals surface area contributed by atoms with E-state index in [0.29, 0.717) is 22.7 Å². The summed E-state index contributed by atoms with van der Waals surface area (Å²) in [5.74, 6) is 0. The second-order valence-electron chi connectivity index (χ2n) is 5.68. The van der Waals surface area contributed by atoms with Gasteiger partial charge in [-0.15, -0.1) is 0 Å². The topological polar surface area (TPSA) is 68.2 Å². The molecular weight excluding hydrogens is 380 g/mol. The van der Waals surface area contributed by atoms with Crippen LogP contribution in [0.5, 0.6) is 0 Å². The van der Waals surface area contributed by atoms with Crippen molar-refractivity contribution in [1.29, 1.82) is 0 Å². The molecule has 0 amide bonds. The van der Waals surface area contributed by atoms with E-state index in [1.165, 1.54) is 10.6 Å². The standard InChI is InChI=1S/C17H17ClN2O3S2/c1-20-15-9-8-14(11-16(15)24-17(20)21)25(22,23)19-10-2-3-12-4-6-13(18)7-5-12/h4-9,11,19H,2-3,10H2,1H3.